The fourth-order valence-corrected chi connectivity index (χ4v) is 1.26. The van der Waals surface area contributed by atoms with Crippen LogP contribution in [0.15, 0.2) is 12.3 Å². The minimum absolute atomic E-state index is 0.191. The Hall–Kier alpha value is -1.78. The van der Waals surface area contributed by atoms with Crippen LogP contribution in [0.1, 0.15) is 23.8 Å². The van der Waals surface area contributed by atoms with Gasteiger partial charge in [-0.05, 0) is 12.5 Å². The van der Waals surface area contributed by atoms with Crippen LogP contribution in [-0.4, -0.2) is 22.1 Å². The maximum atomic E-state index is 10.8. The van der Waals surface area contributed by atoms with Gasteiger partial charge in [0.25, 0.3) is 0 Å². The van der Waals surface area contributed by atoms with Crippen molar-refractivity contribution in [3.05, 3.63) is 18.0 Å². The zero-order valence-corrected chi connectivity index (χ0v) is 7.86. The van der Waals surface area contributed by atoms with Gasteiger partial charge in [-0.2, -0.15) is 0 Å². The molecule has 0 spiro atoms. The summed E-state index contributed by atoms with van der Waals surface area (Å²) in [6.07, 6.45) is 2.98. The second-order valence-electron chi connectivity index (χ2n) is 2.87. The Kier molecular flexibility index (Phi) is 3.28. The molecule has 1 aromatic rings. The van der Waals surface area contributed by atoms with Gasteiger partial charge in [-0.25, -0.2) is 4.79 Å². The van der Waals surface area contributed by atoms with E-state index in [4.69, 9.17) is 5.11 Å². The minimum Gasteiger partial charge on any atom is -0.477 e. The number of carboxylic acid groups (broad SMARTS) is 1. The lowest BCUT2D eigenvalue weighted by Crippen LogP contribution is -2.06. The number of nitrogens with one attached hydrogen (secondary N) is 1. The molecule has 5 nitrogen and oxygen atoms in total. The van der Waals surface area contributed by atoms with Crippen LogP contribution in [0, 0.1) is 0 Å². The first kappa shape index (κ1) is 10.3. The fraction of sp³-hybridized carbons (Fsp3) is 0.333. The average molecular weight is 196 g/mol. The van der Waals surface area contributed by atoms with E-state index in [1.54, 1.807) is 10.8 Å². The zero-order chi connectivity index (χ0) is 10.6. The summed E-state index contributed by atoms with van der Waals surface area (Å²) in [6, 6.07) is 1.44. The summed E-state index contributed by atoms with van der Waals surface area (Å²) in [6.45, 7) is 2.58. The molecule has 0 atom stereocenters. The summed E-state index contributed by atoms with van der Waals surface area (Å²) in [4.78, 5) is 20.9. The number of carbonyl (C=O) groups excluding carboxylic acids is 1. The Labute approximate surface area is 81.3 Å². The van der Waals surface area contributed by atoms with Crippen LogP contribution in [-0.2, 0) is 11.3 Å². The predicted molar refractivity (Wildman–Crippen MR) is 51.4 cm³/mol. The van der Waals surface area contributed by atoms with Gasteiger partial charge in [0.1, 0.15) is 5.69 Å². The summed E-state index contributed by atoms with van der Waals surface area (Å²) in [7, 11) is 0. The smallest absolute Gasteiger partial charge is 0.352 e. The number of anilines is 1. The molecule has 2 N–H and O–H groups in total. The highest BCUT2D eigenvalue weighted by Gasteiger charge is 2.11. The van der Waals surface area contributed by atoms with Gasteiger partial charge in [0.2, 0.25) is 6.41 Å². The van der Waals surface area contributed by atoms with E-state index < -0.39 is 5.97 Å². The maximum absolute atomic E-state index is 10.8. The molecule has 1 aromatic heterocycles. The molecule has 0 unspecified atom stereocenters. The minimum atomic E-state index is -0.989. The first-order valence-corrected chi connectivity index (χ1v) is 4.32. The summed E-state index contributed by atoms with van der Waals surface area (Å²) >= 11 is 0. The van der Waals surface area contributed by atoms with Crippen molar-refractivity contribution in [2.75, 3.05) is 5.32 Å². The number of carboxylic acids is 1. The molecule has 0 aliphatic heterocycles. The number of carbonyl (C=O) groups is 2. The lowest BCUT2D eigenvalue weighted by molar-refractivity contribution is -0.105. The number of hydrogen-bond donors (Lipinski definition) is 2. The quantitative estimate of drug-likeness (QED) is 0.694. The van der Waals surface area contributed by atoms with Gasteiger partial charge in [0, 0.05) is 12.7 Å². The van der Waals surface area contributed by atoms with E-state index >= 15 is 0 Å². The first-order chi connectivity index (χ1) is 6.69. The molecular weight excluding hydrogens is 184 g/mol. The number of aromatic nitrogens is 1. The molecule has 0 saturated heterocycles. The second-order valence-corrected chi connectivity index (χ2v) is 2.87. The highest BCUT2D eigenvalue weighted by atomic mass is 16.4. The van der Waals surface area contributed by atoms with Gasteiger partial charge in [-0.15, -0.1) is 0 Å². The summed E-state index contributed by atoms with van der Waals surface area (Å²) in [5.74, 6) is -0.989. The van der Waals surface area contributed by atoms with E-state index in [0.29, 0.717) is 18.6 Å². The fourth-order valence-electron chi connectivity index (χ4n) is 1.26. The van der Waals surface area contributed by atoms with Crippen molar-refractivity contribution in [1.29, 1.82) is 0 Å². The molecule has 76 valence electrons. The molecule has 1 amide bonds. The molecule has 0 radical (unpaired) electrons. The maximum Gasteiger partial charge on any atom is 0.352 e. The Morgan fingerprint density at radius 2 is 2.43 bits per heavy atom. The van der Waals surface area contributed by atoms with Crippen molar-refractivity contribution >= 4 is 18.1 Å². The van der Waals surface area contributed by atoms with Gasteiger partial charge >= 0.3 is 5.97 Å². The van der Waals surface area contributed by atoms with Crippen LogP contribution in [0.5, 0.6) is 0 Å². The molecule has 0 aliphatic rings. The SMILES string of the molecule is CCCn1cc(NC=O)cc1C(=O)O. The van der Waals surface area contributed by atoms with Crippen LogP contribution in [0.2, 0.25) is 0 Å². The molecular formula is C9H12N2O3. The highest BCUT2D eigenvalue weighted by Crippen LogP contribution is 2.13. The van der Waals surface area contributed by atoms with Crippen molar-refractivity contribution in [1.82, 2.24) is 4.57 Å². The number of hydrogen-bond acceptors (Lipinski definition) is 2. The predicted octanol–water partition coefficient (Wildman–Crippen LogP) is 1.16. The Morgan fingerprint density at radius 1 is 1.71 bits per heavy atom. The standard InChI is InChI=1S/C9H12N2O3/c1-2-3-11-5-7(10-6-12)4-8(11)9(13)14/h4-6H,2-3H2,1H3,(H,10,12)(H,13,14). The average Bonchev–Trinajstić information content (AvgIpc) is 2.49. The Balaban J connectivity index is 2.98. The summed E-state index contributed by atoms with van der Waals surface area (Å²) in [5, 5.41) is 11.3. The topological polar surface area (TPSA) is 71.3 Å². The number of amides is 1. The van der Waals surface area contributed by atoms with Crippen LogP contribution in [0.25, 0.3) is 0 Å². The van der Waals surface area contributed by atoms with Gasteiger partial charge in [-0.3, -0.25) is 4.79 Å². The van der Waals surface area contributed by atoms with Gasteiger partial charge in [0.15, 0.2) is 0 Å². The van der Waals surface area contributed by atoms with Crippen molar-refractivity contribution in [2.24, 2.45) is 0 Å². The number of rotatable bonds is 5. The molecule has 0 aromatic carbocycles. The summed E-state index contributed by atoms with van der Waals surface area (Å²) < 4.78 is 1.61. The van der Waals surface area contributed by atoms with E-state index in [0.717, 1.165) is 6.42 Å². The van der Waals surface area contributed by atoms with Gasteiger partial charge < -0.3 is 15.0 Å². The molecule has 0 fully saturated rings. The molecule has 0 aliphatic carbocycles. The summed E-state index contributed by atoms with van der Waals surface area (Å²) in [5.41, 5.74) is 0.696. The largest absolute Gasteiger partial charge is 0.477 e. The van der Waals surface area contributed by atoms with Crippen LogP contribution < -0.4 is 5.32 Å². The van der Waals surface area contributed by atoms with Crippen LogP contribution >= 0.6 is 0 Å². The lowest BCUT2D eigenvalue weighted by Gasteiger charge is -2.01. The first-order valence-electron chi connectivity index (χ1n) is 4.32. The molecule has 0 bridgehead atoms. The van der Waals surface area contributed by atoms with Gasteiger partial charge in [-0.1, -0.05) is 6.92 Å². The molecule has 5 heteroatoms. The van der Waals surface area contributed by atoms with Gasteiger partial charge in [0.05, 0.1) is 5.69 Å². The van der Waals surface area contributed by atoms with E-state index in [1.165, 1.54) is 6.07 Å². The van der Waals surface area contributed by atoms with E-state index in [1.807, 2.05) is 6.92 Å². The van der Waals surface area contributed by atoms with Crippen LogP contribution in [0.3, 0.4) is 0 Å². The molecule has 0 saturated carbocycles. The normalized spacial score (nSPS) is 9.79. The number of nitrogens with zero attached hydrogens (tertiary/aromatic N) is 1. The number of aryl methyl sites for hydroxylation is 1. The van der Waals surface area contributed by atoms with Crippen LogP contribution in [0.4, 0.5) is 5.69 Å². The van der Waals surface area contributed by atoms with Crippen molar-refractivity contribution in [3.8, 4) is 0 Å². The highest BCUT2D eigenvalue weighted by molar-refractivity contribution is 5.88. The second kappa shape index (κ2) is 4.45. The number of aromatic carboxylic acids is 1. The van der Waals surface area contributed by atoms with Crippen molar-refractivity contribution in [2.45, 2.75) is 19.9 Å². The Morgan fingerprint density at radius 3 is 2.93 bits per heavy atom. The molecule has 14 heavy (non-hydrogen) atoms. The van der Waals surface area contributed by atoms with E-state index in [2.05, 4.69) is 5.32 Å². The van der Waals surface area contributed by atoms with E-state index in [-0.39, 0.29) is 5.69 Å². The third-order valence-electron chi connectivity index (χ3n) is 1.81. The van der Waals surface area contributed by atoms with E-state index in [9.17, 15) is 9.59 Å². The molecule has 1 heterocycles. The van der Waals surface area contributed by atoms with Crippen molar-refractivity contribution in [3.63, 3.8) is 0 Å². The van der Waals surface area contributed by atoms with Crippen molar-refractivity contribution < 1.29 is 14.7 Å². The monoisotopic (exact) mass is 196 g/mol. The third-order valence-corrected chi connectivity index (χ3v) is 1.81. The Bertz CT molecular complexity index is 344. The zero-order valence-electron chi connectivity index (χ0n) is 7.86. The molecule has 1 rings (SSSR count). The third kappa shape index (κ3) is 2.12. The lowest BCUT2D eigenvalue weighted by atomic mass is 10.4.